The largest absolute Gasteiger partial charge is 0.493 e. The van der Waals surface area contributed by atoms with Crippen molar-refractivity contribution in [1.82, 2.24) is 10.1 Å². The Labute approximate surface area is 167 Å². The number of nitrogens with one attached hydrogen (secondary N) is 1. The first-order valence-electron chi connectivity index (χ1n) is 8.82. The lowest BCUT2D eigenvalue weighted by atomic mass is 10.2. The molecule has 0 spiro atoms. The van der Waals surface area contributed by atoms with Crippen LogP contribution >= 0.6 is 0 Å². The van der Waals surface area contributed by atoms with E-state index in [2.05, 4.69) is 15.5 Å². The Morgan fingerprint density at radius 3 is 2.69 bits per heavy atom. The summed E-state index contributed by atoms with van der Waals surface area (Å²) in [5, 5.41) is 15.8. The maximum atomic E-state index is 12.4. The number of hydrogen-bond donors (Lipinski definition) is 2. The summed E-state index contributed by atoms with van der Waals surface area (Å²) in [6, 6.07) is 12.1. The number of aliphatic hydroxyl groups excluding tert-OH is 1. The van der Waals surface area contributed by atoms with E-state index < -0.39 is 5.97 Å². The van der Waals surface area contributed by atoms with Gasteiger partial charge < -0.3 is 29.2 Å². The minimum atomic E-state index is -0.545. The number of hydrogen-bond acceptors (Lipinski definition) is 9. The molecule has 152 valence electrons. The van der Waals surface area contributed by atoms with Crippen molar-refractivity contribution in [1.29, 1.82) is 0 Å². The number of aromatic nitrogens is 2. The maximum absolute atomic E-state index is 12.4. The molecule has 2 N–H and O–H groups in total. The molecule has 0 atom stereocenters. The summed E-state index contributed by atoms with van der Waals surface area (Å²) in [4.78, 5) is 16.6. The van der Waals surface area contributed by atoms with Crippen molar-refractivity contribution in [2.75, 3.05) is 32.7 Å². The fourth-order valence-corrected chi connectivity index (χ4v) is 2.62. The average Bonchev–Trinajstić information content (AvgIpc) is 3.24. The number of carbonyl (C=O) groups excluding carboxylic acids is 1. The third-order valence-corrected chi connectivity index (χ3v) is 4.01. The highest BCUT2D eigenvalue weighted by Crippen LogP contribution is 2.31. The summed E-state index contributed by atoms with van der Waals surface area (Å²) in [5.41, 5.74) is 1.59. The zero-order valence-corrected chi connectivity index (χ0v) is 16.0. The first kappa shape index (κ1) is 20.2. The van der Waals surface area contributed by atoms with Gasteiger partial charge in [-0.25, -0.2) is 4.79 Å². The summed E-state index contributed by atoms with van der Waals surface area (Å²) >= 11 is 0. The molecular weight excluding hydrogens is 378 g/mol. The molecule has 0 fully saturated rings. The standard InChI is InChI=1S/C20H21N3O6/c1-26-16-8-7-13(11-17(16)27-2)19-22-18(29-23-19)12-28-20(25)14-5-3-4-6-15(14)21-9-10-24/h3-8,11,21,24H,9-10,12H2,1-2H3. The number of esters is 1. The van der Waals surface area contributed by atoms with Gasteiger partial charge in [-0.3, -0.25) is 0 Å². The molecule has 0 bridgehead atoms. The molecule has 0 unspecified atom stereocenters. The van der Waals surface area contributed by atoms with Crippen molar-refractivity contribution in [2.45, 2.75) is 6.61 Å². The zero-order chi connectivity index (χ0) is 20.6. The Bertz CT molecular complexity index is 972. The van der Waals surface area contributed by atoms with Gasteiger partial charge in [-0.05, 0) is 30.3 Å². The third kappa shape index (κ3) is 4.82. The monoisotopic (exact) mass is 399 g/mol. The van der Waals surface area contributed by atoms with E-state index in [0.29, 0.717) is 40.7 Å². The van der Waals surface area contributed by atoms with Crippen molar-refractivity contribution in [3.63, 3.8) is 0 Å². The Morgan fingerprint density at radius 2 is 1.93 bits per heavy atom. The van der Waals surface area contributed by atoms with Gasteiger partial charge in [-0.15, -0.1) is 0 Å². The van der Waals surface area contributed by atoms with Crippen LogP contribution in [0.25, 0.3) is 11.4 Å². The highest BCUT2D eigenvalue weighted by molar-refractivity contribution is 5.95. The molecule has 9 nitrogen and oxygen atoms in total. The van der Waals surface area contributed by atoms with Crippen LogP contribution in [0.3, 0.4) is 0 Å². The molecule has 0 saturated carbocycles. The van der Waals surface area contributed by atoms with E-state index in [4.69, 9.17) is 23.8 Å². The van der Waals surface area contributed by atoms with Gasteiger partial charge in [0.05, 0.1) is 26.4 Å². The van der Waals surface area contributed by atoms with E-state index in [1.807, 2.05) is 0 Å². The molecule has 0 saturated heterocycles. The fourth-order valence-electron chi connectivity index (χ4n) is 2.62. The van der Waals surface area contributed by atoms with Crippen molar-refractivity contribution in [3.05, 3.63) is 53.9 Å². The number of methoxy groups -OCH3 is 2. The van der Waals surface area contributed by atoms with Crippen LogP contribution < -0.4 is 14.8 Å². The van der Waals surface area contributed by atoms with Crippen LogP contribution in [0.1, 0.15) is 16.2 Å². The molecule has 1 aromatic heterocycles. The van der Waals surface area contributed by atoms with Gasteiger partial charge in [-0.1, -0.05) is 17.3 Å². The molecule has 29 heavy (non-hydrogen) atoms. The van der Waals surface area contributed by atoms with E-state index >= 15 is 0 Å². The molecule has 2 aromatic carbocycles. The van der Waals surface area contributed by atoms with E-state index in [-0.39, 0.29) is 19.1 Å². The van der Waals surface area contributed by atoms with Gasteiger partial charge >= 0.3 is 5.97 Å². The third-order valence-electron chi connectivity index (χ3n) is 4.01. The molecule has 0 aliphatic carbocycles. The molecule has 9 heteroatoms. The molecule has 0 amide bonds. The molecule has 3 aromatic rings. The van der Waals surface area contributed by atoms with E-state index in [9.17, 15) is 4.79 Å². The smallest absolute Gasteiger partial charge is 0.340 e. The molecule has 1 heterocycles. The van der Waals surface area contributed by atoms with Crippen LogP contribution in [0.15, 0.2) is 47.0 Å². The lowest BCUT2D eigenvalue weighted by Gasteiger charge is -2.10. The van der Waals surface area contributed by atoms with Gasteiger partial charge in [0, 0.05) is 17.8 Å². The summed E-state index contributed by atoms with van der Waals surface area (Å²) in [6.07, 6.45) is 0. The van der Waals surface area contributed by atoms with E-state index in [1.165, 1.54) is 7.11 Å². The molecule has 0 radical (unpaired) electrons. The lowest BCUT2D eigenvalue weighted by Crippen LogP contribution is -2.12. The summed E-state index contributed by atoms with van der Waals surface area (Å²) in [6.45, 7) is 0.0976. The van der Waals surface area contributed by atoms with Crippen LogP contribution in [-0.4, -0.2) is 48.6 Å². The lowest BCUT2D eigenvalue weighted by molar-refractivity contribution is 0.0431. The second-order valence-electron chi connectivity index (χ2n) is 5.85. The number of anilines is 1. The highest BCUT2D eigenvalue weighted by Gasteiger charge is 2.16. The highest BCUT2D eigenvalue weighted by atomic mass is 16.6. The van der Waals surface area contributed by atoms with Crippen molar-refractivity contribution < 1.29 is 28.6 Å². The molecule has 0 aliphatic rings. The van der Waals surface area contributed by atoms with Crippen LogP contribution in [0.2, 0.25) is 0 Å². The number of nitrogens with zero attached hydrogens (tertiary/aromatic N) is 2. The second-order valence-corrected chi connectivity index (χ2v) is 5.85. The van der Waals surface area contributed by atoms with Crippen molar-refractivity contribution >= 4 is 11.7 Å². The summed E-state index contributed by atoms with van der Waals surface area (Å²) in [7, 11) is 3.09. The second kappa shape index (κ2) is 9.56. The SMILES string of the molecule is COc1ccc(-c2noc(COC(=O)c3ccccc3NCCO)n2)cc1OC. The minimum absolute atomic E-state index is 0.0513. The van der Waals surface area contributed by atoms with Crippen LogP contribution in [0.5, 0.6) is 11.5 Å². The number of rotatable bonds is 9. The van der Waals surface area contributed by atoms with Crippen molar-refractivity contribution in [3.8, 4) is 22.9 Å². The first-order chi connectivity index (χ1) is 14.2. The van der Waals surface area contributed by atoms with Gasteiger partial charge in [-0.2, -0.15) is 4.98 Å². The Hall–Kier alpha value is -3.59. The number of benzene rings is 2. The van der Waals surface area contributed by atoms with E-state index in [1.54, 1.807) is 49.6 Å². The topological polar surface area (TPSA) is 116 Å². The first-order valence-corrected chi connectivity index (χ1v) is 8.82. The van der Waals surface area contributed by atoms with Crippen LogP contribution in [-0.2, 0) is 11.3 Å². The normalized spacial score (nSPS) is 10.4. The summed E-state index contributed by atoms with van der Waals surface area (Å²) in [5.74, 6) is 1.07. The number of para-hydroxylation sites is 1. The minimum Gasteiger partial charge on any atom is -0.493 e. The number of aliphatic hydroxyl groups is 1. The van der Waals surface area contributed by atoms with Crippen LogP contribution in [0.4, 0.5) is 5.69 Å². The molecular formula is C20H21N3O6. The van der Waals surface area contributed by atoms with Gasteiger partial charge in [0.2, 0.25) is 5.82 Å². The Morgan fingerprint density at radius 1 is 1.14 bits per heavy atom. The van der Waals surface area contributed by atoms with Gasteiger partial charge in [0.25, 0.3) is 5.89 Å². The zero-order valence-electron chi connectivity index (χ0n) is 16.0. The molecule has 3 rings (SSSR count). The summed E-state index contributed by atoms with van der Waals surface area (Å²) < 4.78 is 20.9. The molecule has 0 aliphatic heterocycles. The van der Waals surface area contributed by atoms with Gasteiger partial charge in [0.15, 0.2) is 18.1 Å². The number of carbonyl (C=O) groups is 1. The Balaban J connectivity index is 1.68. The fraction of sp³-hybridized carbons (Fsp3) is 0.250. The predicted octanol–water partition coefficient (Wildman–Crippen LogP) is 2.52. The maximum Gasteiger partial charge on any atom is 0.340 e. The van der Waals surface area contributed by atoms with Gasteiger partial charge in [0.1, 0.15) is 0 Å². The predicted molar refractivity (Wildman–Crippen MR) is 104 cm³/mol. The quantitative estimate of drug-likeness (QED) is 0.524. The number of ether oxygens (including phenoxy) is 3. The van der Waals surface area contributed by atoms with E-state index in [0.717, 1.165) is 0 Å². The Kier molecular flexibility index (Phi) is 6.64. The van der Waals surface area contributed by atoms with Crippen LogP contribution in [0, 0.1) is 0 Å². The average molecular weight is 399 g/mol. The van der Waals surface area contributed by atoms with Crippen molar-refractivity contribution in [2.24, 2.45) is 0 Å².